The number of nitrogens with zero attached hydrogens (tertiary/aromatic N) is 3. The molecular weight excluding hydrogens is 387 g/mol. The van der Waals surface area contributed by atoms with Gasteiger partial charge in [-0.3, -0.25) is 9.89 Å². The predicted octanol–water partition coefficient (Wildman–Crippen LogP) is 4.81. The number of rotatable bonds is 6. The quantitative estimate of drug-likeness (QED) is 0.463. The van der Waals surface area contributed by atoms with E-state index in [1.54, 1.807) is 0 Å². The first-order valence-electron chi connectivity index (χ1n) is 10.8. The van der Waals surface area contributed by atoms with Gasteiger partial charge in [-0.1, -0.05) is 60.7 Å². The first kappa shape index (κ1) is 21.1. The average Bonchev–Trinajstić information content (AvgIpc) is 2.81. The molecular formula is C26H29FN4. The molecule has 2 unspecified atom stereocenters. The summed E-state index contributed by atoms with van der Waals surface area (Å²) in [7, 11) is 0. The Hall–Kier alpha value is -3.18. The van der Waals surface area contributed by atoms with Crippen LogP contribution < -0.4 is 10.6 Å². The van der Waals surface area contributed by atoms with E-state index in [0.29, 0.717) is 5.84 Å². The summed E-state index contributed by atoms with van der Waals surface area (Å²) < 4.78 is 13.3. The number of nitrogens with two attached hydrogens (primary N) is 1. The topological polar surface area (TPSA) is 44.9 Å². The number of hydrogen-bond donors (Lipinski definition) is 1. The van der Waals surface area contributed by atoms with Gasteiger partial charge in [0.1, 0.15) is 5.82 Å². The Labute approximate surface area is 183 Å². The van der Waals surface area contributed by atoms with E-state index in [2.05, 4.69) is 58.3 Å². The summed E-state index contributed by atoms with van der Waals surface area (Å²) in [6, 6.07) is 27.7. The zero-order valence-electron chi connectivity index (χ0n) is 17.9. The second kappa shape index (κ2) is 9.75. The molecule has 0 amide bonds. The SMILES string of the molecule is CC(N)=NC(c1ccccc1)C(c1ccccc1)N1CCN(c2ccc(F)cc2)CC1. The van der Waals surface area contributed by atoms with Crippen molar-refractivity contribution in [2.75, 3.05) is 31.1 Å². The van der Waals surface area contributed by atoms with Gasteiger partial charge in [-0.05, 0) is 42.3 Å². The van der Waals surface area contributed by atoms with Gasteiger partial charge < -0.3 is 10.6 Å². The van der Waals surface area contributed by atoms with Gasteiger partial charge in [0, 0.05) is 31.9 Å². The van der Waals surface area contributed by atoms with Crippen LogP contribution in [0.3, 0.4) is 0 Å². The second-order valence-corrected chi connectivity index (χ2v) is 7.98. The standard InChI is InChI=1S/C26H29FN4/c1-20(28)29-25(21-8-4-2-5-9-21)26(22-10-6-3-7-11-22)31-18-16-30(17-19-31)24-14-12-23(27)13-15-24/h2-15,25-26H,16-19H2,1H3,(H2,28,29). The van der Waals surface area contributed by atoms with Gasteiger partial charge in [-0.2, -0.15) is 0 Å². The Bertz CT molecular complexity index is 977. The lowest BCUT2D eigenvalue weighted by Gasteiger charge is -2.42. The van der Waals surface area contributed by atoms with Crippen LogP contribution in [-0.4, -0.2) is 36.9 Å². The molecule has 0 radical (unpaired) electrons. The highest BCUT2D eigenvalue weighted by molar-refractivity contribution is 5.77. The zero-order chi connectivity index (χ0) is 21.6. The lowest BCUT2D eigenvalue weighted by atomic mass is 9.91. The Kier molecular flexibility index (Phi) is 6.63. The van der Waals surface area contributed by atoms with Crippen molar-refractivity contribution in [3.8, 4) is 0 Å². The van der Waals surface area contributed by atoms with E-state index >= 15 is 0 Å². The summed E-state index contributed by atoms with van der Waals surface area (Å²) in [5.41, 5.74) is 9.53. The van der Waals surface area contributed by atoms with Crippen LogP contribution >= 0.6 is 0 Å². The summed E-state index contributed by atoms with van der Waals surface area (Å²) >= 11 is 0. The fourth-order valence-electron chi connectivity index (χ4n) is 4.35. The van der Waals surface area contributed by atoms with E-state index in [-0.39, 0.29) is 17.9 Å². The summed E-state index contributed by atoms with van der Waals surface area (Å²) in [6.45, 7) is 5.38. The van der Waals surface area contributed by atoms with Gasteiger partial charge >= 0.3 is 0 Å². The third-order valence-corrected chi connectivity index (χ3v) is 5.82. The lowest BCUT2D eigenvalue weighted by molar-refractivity contribution is 0.162. The fraction of sp³-hybridized carbons (Fsp3) is 0.269. The number of benzene rings is 3. The molecule has 0 spiro atoms. The van der Waals surface area contributed by atoms with Crippen molar-refractivity contribution < 1.29 is 4.39 Å². The molecule has 2 N–H and O–H groups in total. The maximum Gasteiger partial charge on any atom is 0.123 e. The van der Waals surface area contributed by atoms with Crippen molar-refractivity contribution in [2.24, 2.45) is 10.7 Å². The van der Waals surface area contributed by atoms with Gasteiger partial charge in [-0.25, -0.2) is 4.39 Å². The number of amidine groups is 1. The Morgan fingerprint density at radius 1 is 0.806 bits per heavy atom. The number of hydrogen-bond acceptors (Lipinski definition) is 3. The third-order valence-electron chi connectivity index (χ3n) is 5.82. The van der Waals surface area contributed by atoms with Crippen LogP contribution in [-0.2, 0) is 0 Å². The second-order valence-electron chi connectivity index (χ2n) is 7.98. The van der Waals surface area contributed by atoms with E-state index in [4.69, 9.17) is 10.7 Å². The van der Waals surface area contributed by atoms with E-state index in [1.807, 2.05) is 31.2 Å². The molecule has 1 aliphatic rings. The molecule has 1 heterocycles. The molecule has 0 bridgehead atoms. The van der Waals surface area contributed by atoms with Crippen LogP contribution in [0, 0.1) is 5.82 Å². The van der Waals surface area contributed by atoms with Gasteiger partial charge in [-0.15, -0.1) is 0 Å². The Morgan fingerprint density at radius 3 is 1.90 bits per heavy atom. The van der Waals surface area contributed by atoms with Crippen LogP contribution in [0.15, 0.2) is 89.9 Å². The first-order valence-corrected chi connectivity index (χ1v) is 10.8. The minimum atomic E-state index is -0.202. The highest BCUT2D eigenvalue weighted by Gasteiger charge is 2.32. The molecule has 0 aliphatic carbocycles. The molecule has 4 rings (SSSR count). The predicted molar refractivity (Wildman–Crippen MR) is 126 cm³/mol. The van der Waals surface area contributed by atoms with Gasteiger partial charge in [0.05, 0.1) is 17.9 Å². The number of piperazine rings is 1. The largest absolute Gasteiger partial charge is 0.388 e. The van der Waals surface area contributed by atoms with Crippen molar-refractivity contribution in [2.45, 2.75) is 19.0 Å². The molecule has 0 aromatic heterocycles. The van der Waals surface area contributed by atoms with Crippen LogP contribution in [0.2, 0.25) is 0 Å². The zero-order valence-corrected chi connectivity index (χ0v) is 17.9. The average molecular weight is 417 g/mol. The maximum absolute atomic E-state index is 13.3. The van der Waals surface area contributed by atoms with E-state index < -0.39 is 0 Å². The van der Waals surface area contributed by atoms with Crippen LogP contribution in [0.5, 0.6) is 0 Å². The van der Waals surface area contributed by atoms with Crippen molar-refractivity contribution >= 4 is 11.5 Å². The third kappa shape index (κ3) is 5.12. The minimum absolute atomic E-state index is 0.0810. The Balaban J connectivity index is 1.63. The molecule has 1 aliphatic heterocycles. The normalized spacial score (nSPS) is 17.4. The summed E-state index contributed by atoms with van der Waals surface area (Å²) in [5, 5.41) is 0. The van der Waals surface area contributed by atoms with Gasteiger partial charge in [0.25, 0.3) is 0 Å². The van der Waals surface area contributed by atoms with E-state index in [1.165, 1.54) is 17.7 Å². The van der Waals surface area contributed by atoms with E-state index in [0.717, 1.165) is 37.4 Å². The molecule has 0 saturated carbocycles. The van der Waals surface area contributed by atoms with Crippen molar-refractivity contribution in [1.82, 2.24) is 4.90 Å². The molecule has 3 aromatic rings. The fourth-order valence-corrected chi connectivity index (χ4v) is 4.35. The maximum atomic E-state index is 13.3. The molecule has 31 heavy (non-hydrogen) atoms. The molecule has 1 fully saturated rings. The number of halogens is 1. The summed E-state index contributed by atoms with van der Waals surface area (Å²) in [5.74, 6) is 0.381. The van der Waals surface area contributed by atoms with Gasteiger partial charge in [0.15, 0.2) is 0 Å². The minimum Gasteiger partial charge on any atom is -0.388 e. The molecule has 2 atom stereocenters. The molecule has 4 nitrogen and oxygen atoms in total. The van der Waals surface area contributed by atoms with Gasteiger partial charge in [0.2, 0.25) is 0 Å². The molecule has 160 valence electrons. The molecule has 1 saturated heterocycles. The summed E-state index contributed by atoms with van der Waals surface area (Å²) in [6.07, 6.45) is 0. The molecule has 3 aromatic carbocycles. The van der Waals surface area contributed by atoms with E-state index in [9.17, 15) is 4.39 Å². The monoisotopic (exact) mass is 416 g/mol. The van der Waals surface area contributed by atoms with Crippen molar-refractivity contribution in [3.63, 3.8) is 0 Å². The number of anilines is 1. The highest BCUT2D eigenvalue weighted by atomic mass is 19.1. The van der Waals surface area contributed by atoms with Crippen LogP contribution in [0.1, 0.15) is 30.1 Å². The lowest BCUT2D eigenvalue weighted by Crippen LogP contribution is -2.48. The van der Waals surface area contributed by atoms with Crippen molar-refractivity contribution in [3.05, 3.63) is 102 Å². The smallest absolute Gasteiger partial charge is 0.123 e. The number of aliphatic imine (C=N–C) groups is 1. The van der Waals surface area contributed by atoms with Crippen molar-refractivity contribution in [1.29, 1.82) is 0 Å². The Morgan fingerprint density at radius 2 is 1.35 bits per heavy atom. The summed E-state index contributed by atoms with van der Waals surface area (Å²) in [4.78, 5) is 9.70. The van der Waals surface area contributed by atoms with Crippen LogP contribution in [0.4, 0.5) is 10.1 Å². The van der Waals surface area contributed by atoms with Crippen LogP contribution in [0.25, 0.3) is 0 Å². The highest BCUT2D eigenvalue weighted by Crippen LogP contribution is 2.38. The molecule has 5 heteroatoms. The first-order chi connectivity index (χ1) is 15.1.